The molecular weight excluding hydrogens is 430 g/mol. The van der Waals surface area contributed by atoms with Gasteiger partial charge in [-0.15, -0.1) is 0 Å². The van der Waals surface area contributed by atoms with Crippen LogP contribution in [0, 0.1) is 0 Å². The van der Waals surface area contributed by atoms with Gasteiger partial charge in [-0.3, -0.25) is 0 Å². The topological polar surface area (TPSA) is 56.8 Å². The van der Waals surface area contributed by atoms with Crippen LogP contribution in [-0.2, 0) is 14.0 Å². The van der Waals surface area contributed by atoms with Crippen LogP contribution in [0.4, 0.5) is 5.69 Å². The summed E-state index contributed by atoms with van der Waals surface area (Å²) in [6.07, 6.45) is 0. The van der Waals surface area contributed by atoms with Gasteiger partial charge < -0.3 is 19.2 Å². The minimum atomic E-state index is -2.77. The zero-order valence-electron chi connectivity index (χ0n) is 20.0. The van der Waals surface area contributed by atoms with Gasteiger partial charge in [-0.1, -0.05) is 81.4 Å². The monoisotopic (exact) mass is 463 g/mol. The lowest BCUT2D eigenvalue weighted by molar-refractivity contribution is -0.142. The molecule has 33 heavy (non-hydrogen) atoms. The number of ether oxygens (including phenoxy) is 2. The fraction of sp³-hybridized carbons (Fsp3) is 0.296. The van der Waals surface area contributed by atoms with Gasteiger partial charge in [-0.25, -0.2) is 4.79 Å². The van der Waals surface area contributed by atoms with E-state index in [0.29, 0.717) is 0 Å². The molecule has 0 aliphatic heterocycles. The van der Waals surface area contributed by atoms with Gasteiger partial charge in [-0.05, 0) is 39.7 Å². The van der Waals surface area contributed by atoms with Crippen molar-refractivity contribution in [3.8, 4) is 5.75 Å². The smallest absolute Gasteiger partial charge is 0.330 e. The minimum Gasteiger partial charge on any atom is -0.497 e. The van der Waals surface area contributed by atoms with Gasteiger partial charge in [0, 0.05) is 5.69 Å². The Kier molecular flexibility index (Phi) is 7.95. The molecule has 0 saturated carbocycles. The van der Waals surface area contributed by atoms with E-state index in [1.165, 1.54) is 7.11 Å². The van der Waals surface area contributed by atoms with Gasteiger partial charge in [0.1, 0.15) is 11.8 Å². The molecule has 0 aromatic heterocycles. The van der Waals surface area contributed by atoms with E-state index < -0.39 is 14.4 Å². The van der Waals surface area contributed by atoms with Crippen molar-refractivity contribution in [3.63, 3.8) is 0 Å². The molecule has 0 radical (unpaired) electrons. The van der Waals surface area contributed by atoms with E-state index in [1.54, 1.807) is 7.11 Å². The van der Waals surface area contributed by atoms with E-state index in [9.17, 15) is 4.79 Å². The lowest BCUT2D eigenvalue weighted by Crippen LogP contribution is -2.67. The molecule has 0 spiro atoms. The first-order valence-electron chi connectivity index (χ1n) is 11.1. The summed E-state index contributed by atoms with van der Waals surface area (Å²) < 4.78 is 17.3. The number of rotatable bonds is 9. The van der Waals surface area contributed by atoms with Crippen LogP contribution in [0.1, 0.15) is 20.8 Å². The molecule has 0 amide bonds. The van der Waals surface area contributed by atoms with Gasteiger partial charge in [0.25, 0.3) is 8.32 Å². The Morgan fingerprint density at radius 1 is 0.848 bits per heavy atom. The molecule has 0 heterocycles. The lowest BCUT2D eigenvalue weighted by atomic mass is 10.2. The average Bonchev–Trinajstić information content (AvgIpc) is 2.84. The lowest BCUT2D eigenvalue weighted by Gasteiger charge is -2.43. The molecule has 174 valence electrons. The van der Waals surface area contributed by atoms with Crippen molar-refractivity contribution in [2.24, 2.45) is 0 Å². The standard InChI is InChI=1S/C27H33NO4Si/c1-27(2,3)33(23-12-8-6-9-13-23,24-14-10-7-11-15-24)32-20-25(26(29)31-5)28-21-16-18-22(30-4)19-17-21/h6-19,25,28H,20H2,1-5H3/t25-/m0/s1. The first-order chi connectivity index (χ1) is 15.8. The Morgan fingerprint density at radius 3 is 1.79 bits per heavy atom. The fourth-order valence-corrected chi connectivity index (χ4v) is 8.74. The van der Waals surface area contributed by atoms with E-state index in [2.05, 4.69) is 50.4 Å². The minimum absolute atomic E-state index is 0.173. The van der Waals surface area contributed by atoms with Crippen molar-refractivity contribution in [2.75, 3.05) is 26.1 Å². The number of nitrogens with one attached hydrogen (secondary N) is 1. The summed E-state index contributed by atoms with van der Waals surface area (Å²) in [5, 5.41) is 5.42. The van der Waals surface area contributed by atoms with Crippen molar-refractivity contribution in [3.05, 3.63) is 84.9 Å². The number of carbonyl (C=O) groups is 1. The van der Waals surface area contributed by atoms with Gasteiger partial charge in [0.2, 0.25) is 0 Å². The van der Waals surface area contributed by atoms with E-state index in [4.69, 9.17) is 13.9 Å². The Balaban J connectivity index is 1.99. The maximum absolute atomic E-state index is 12.7. The van der Waals surface area contributed by atoms with Crippen molar-refractivity contribution in [1.29, 1.82) is 0 Å². The van der Waals surface area contributed by atoms with Crippen molar-refractivity contribution >= 4 is 30.3 Å². The highest BCUT2D eigenvalue weighted by atomic mass is 28.4. The number of carbonyl (C=O) groups excluding carboxylic acids is 1. The molecular formula is C27H33NO4Si. The summed E-state index contributed by atoms with van der Waals surface area (Å²) in [4.78, 5) is 12.7. The van der Waals surface area contributed by atoms with Crippen LogP contribution < -0.4 is 20.4 Å². The van der Waals surface area contributed by atoms with Crippen LogP contribution in [0.15, 0.2) is 84.9 Å². The highest BCUT2D eigenvalue weighted by molar-refractivity contribution is 6.99. The molecule has 1 atom stereocenters. The van der Waals surface area contributed by atoms with Gasteiger partial charge in [0.15, 0.2) is 0 Å². The maximum Gasteiger partial charge on any atom is 0.330 e. The van der Waals surface area contributed by atoms with Crippen LogP contribution in [0.5, 0.6) is 5.75 Å². The molecule has 6 heteroatoms. The summed E-state index contributed by atoms with van der Waals surface area (Å²) in [5.74, 6) is 0.377. The van der Waals surface area contributed by atoms with Crippen LogP contribution in [0.25, 0.3) is 0 Å². The molecule has 0 bridgehead atoms. The normalized spacial score (nSPS) is 12.6. The molecule has 0 unspecified atom stereocenters. The number of methoxy groups -OCH3 is 2. The third-order valence-electron chi connectivity index (χ3n) is 5.80. The highest BCUT2D eigenvalue weighted by Gasteiger charge is 2.50. The number of hydrogen-bond acceptors (Lipinski definition) is 5. The highest BCUT2D eigenvalue weighted by Crippen LogP contribution is 2.37. The quantitative estimate of drug-likeness (QED) is 0.380. The second-order valence-corrected chi connectivity index (χ2v) is 13.2. The molecule has 3 rings (SSSR count). The molecule has 0 aliphatic carbocycles. The maximum atomic E-state index is 12.7. The molecule has 0 fully saturated rings. The molecule has 1 N–H and O–H groups in total. The van der Waals surface area contributed by atoms with Crippen LogP contribution in [-0.4, -0.2) is 41.2 Å². The fourth-order valence-electron chi connectivity index (χ4n) is 4.17. The second kappa shape index (κ2) is 10.7. The zero-order chi connectivity index (χ0) is 23.9. The van der Waals surface area contributed by atoms with Crippen LogP contribution >= 0.6 is 0 Å². The largest absolute Gasteiger partial charge is 0.497 e. The molecule has 3 aromatic carbocycles. The van der Waals surface area contributed by atoms with E-state index in [0.717, 1.165) is 21.8 Å². The summed E-state index contributed by atoms with van der Waals surface area (Å²) >= 11 is 0. The van der Waals surface area contributed by atoms with E-state index in [-0.39, 0.29) is 17.6 Å². The molecule has 3 aromatic rings. The van der Waals surface area contributed by atoms with Gasteiger partial charge in [-0.2, -0.15) is 0 Å². The van der Waals surface area contributed by atoms with Crippen molar-refractivity contribution in [1.82, 2.24) is 0 Å². The number of benzene rings is 3. The molecule has 0 aliphatic rings. The van der Waals surface area contributed by atoms with Gasteiger partial charge in [0.05, 0.1) is 20.8 Å². The Bertz CT molecular complexity index is 978. The van der Waals surface area contributed by atoms with Crippen molar-refractivity contribution in [2.45, 2.75) is 31.9 Å². The molecule has 5 nitrogen and oxygen atoms in total. The van der Waals surface area contributed by atoms with E-state index >= 15 is 0 Å². The van der Waals surface area contributed by atoms with Crippen LogP contribution in [0.2, 0.25) is 5.04 Å². The predicted octanol–water partition coefficient (Wildman–Crippen LogP) is 4.23. The third kappa shape index (κ3) is 5.46. The summed E-state index contributed by atoms with van der Waals surface area (Å²) in [7, 11) is 0.249. The Labute approximate surface area is 197 Å². The number of hydrogen-bond donors (Lipinski definition) is 1. The first-order valence-corrected chi connectivity index (χ1v) is 13.0. The third-order valence-corrected chi connectivity index (χ3v) is 10.8. The second-order valence-electron chi connectivity index (χ2n) is 8.92. The van der Waals surface area contributed by atoms with Gasteiger partial charge >= 0.3 is 5.97 Å². The number of anilines is 1. The Hall–Kier alpha value is -3.09. The summed E-state index contributed by atoms with van der Waals surface area (Å²) in [6, 6.07) is 27.5. The zero-order valence-corrected chi connectivity index (χ0v) is 21.0. The predicted molar refractivity (Wildman–Crippen MR) is 136 cm³/mol. The first kappa shape index (κ1) is 24.5. The summed E-state index contributed by atoms with van der Waals surface area (Å²) in [5.41, 5.74) is 0.789. The summed E-state index contributed by atoms with van der Waals surface area (Å²) in [6.45, 7) is 6.81. The van der Waals surface area contributed by atoms with E-state index in [1.807, 2.05) is 60.7 Å². The van der Waals surface area contributed by atoms with Crippen LogP contribution in [0.3, 0.4) is 0 Å². The Morgan fingerprint density at radius 2 is 1.36 bits per heavy atom. The SMILES string of the molecule is COC(=O)[C@H](CO[Si](c1ccccc1)(c1ccccc1)C(C)(C)C)Nc1ccc(OC)cc1. The number of esters is 1. The molecule has 0 saturated heterocycles. The van der Waals surface area contributed by atoms with Crippen molar-refractivity contribution < 1.29 is 18.7 Å². The average molecular weight is 464 g/mol.